The number of carboxylic acids is 1. The molecule has 0 aromatic heterocycles. The van der Waals surface area contributed by atoms with Crippen LogP contribution in [-0.2, 0) is 4.79 Å². The second-order valence-electron chi connectivity index (χ2n) is 5.23. The predicted octanol–water partition coefficient (Wildman–Crippen LogP) is 2.46. The van der Waals surface area contributed by atoms with Crippen LogP contribution in [0.3, 0.4) is 0 Å². The fraction of sp³-hybridized carbons (Fsp3) is 0.118. The molecule has 1 heterocycles. The number of quaternary nitrogens is 1. The molecule has 1 aliphatic rings. The van der Waals surface area contributed by atoms with E-state index in [2.05, 4.69) is 0 Å². The zero-order valence-electron chi connectivity index (χ0n) is 11.9. The van der Waals surface area contributed by atoms with E-state index < -0.39 is 28.3 Å². The van der Waals surface area contributed by atoms with Gasteiger partial charge < -0.3 is 5.11 Å². The zero-order valence-corrected chi connectivity index (χ0v) is 11.9. The lowest BCUT2D eigenvalue weighted by Gasteiger charge is -2.31. The molecule has 0 spiro atoms. The Labute approximate surface area is 127 Å². The highest BCUT2D eigenvalue weighted by molar-refractivity contribution is 6.31. The molecule has 2 aromatic carbocycles. The average Bonchev–Trinajstić information content (AvgIpc) is 2.77. The minimum absolute atomic E-state index is 0.268. The van der Waals surface area contributed by atoms with Gasteiger partial charge in [0, 0.05) is 19.1 Å². The van der Waals surface area contributed by atoms with Crippen LogP contribution in [0.25, 0.3) is 0 Å². The van der Waals surface area contributed by atoms with Crippen molar-refractivity contribution in [1.29, 1.82) is 0 Å². The molecular weight excluding hydrogens is 282 g/mol. The van der Waals surface area contributed by atoms with E-state index in [0.717, 1.165) is 0 Å². The van der Waals surface area contributed by atoms with Gasteiger partial charge in [-0.05, 0) is 12.1 Å². The Morgan fingerprint density at radius 3 is 1.82 bits per heavy atom. The van der Waals surface area contributed by atoms with Crippen LogP contribution in [0, 0.1) is 0 Å². The summed E-state index contributed by atoms with van der Waals surface area (Å²) in [4.78, 5) is 37.5. The van der Waals surface area contributed by atoms with Crippen LogP contribution in [0.1, 0.15) is 27.6 Å². The molecule has 0 radical (unpaired) electrons. The minimum atomic E-state index is -1.21. The summed E-state index contributed by atoms with van der Waals surface area (Å²) < 4.78 is -0.838. The first kappa shape index (κ1) is 14.2. The van der Waals surface area contributed by atoms with Crippen molar-refractivity contribution in [2.75, 3.05) is 0 Å². The lowest BCUT2D eigenvalue weighted by atomic mass is 10.1. The van der Waals surface area contributed by atoms with E-state index in [-0.39, 0.29) is 11.1 Å². The van der Waals surface area contributed by atoms with E-state index in [4.69, 9.17) is 0 Å². The molecule has 2 aromatic rings. The topological polar surface area (TPSA) is 71.4 Å². The molecule has 0 unspecified atom stereocenters. The third-order valence-corrected chi connectivity index (χ3v) is 4.13. The summed E-state index contributed by atoms with van der Waals surface area (Å²) in [6.07, 6.45) is 0. The van der Waals surface area contributed by atoms with Gasteiger partial charge in [-0.2, -0.15) is 0 Å². The molecule has 0 bridgehead atoms. The molecule has 22 heavy (non-hydrogen) atoms. The van der Waals surface area contributed by atoms with Gasteiger partial charge in [-0.25, -0.2) is 14.4 Å². The van der Waals surface area contributed by atoms with Gasteiger partial charge in [0.2, 0.25) is 6.04 Å². The molecule has 1 aliphatic heterocycles. The monoisotopic (exact) mass is 296 g/mol. The summed E-state index contributed by atoms with van der Waals surface area (Å²) >= 11 is 0. The molecule has 5 nitrogen and oxygen atoms in total. The minimum Gasteiger partial charge on any atom is -0.477 e. The number of hydrogen-bond donors (Lipinski definition) is 1. The number of imide groups is 1. The molecule has 2 amide bonds. The fourth-order valence-electron chi connectivity index (χ4n) is 2.97. The van der Waals surface area contributed by atoms with Crippen molar-refractivity contribution >= 4 is 23.5 Å². The second-order valence-corrected chi connectivity index (χ2v) is 5.23. The van der Waals surface area contributed by atoms with Crippen molar-refractivity contribution in [3.63, 3.8) is 0 Å². The second kappa shape index (κ2) is 4.89. The predicted molar refractivity (Wildman–Crippen MR) is 80.4 cm³/mol. The van der Waals surface area contributed by atoms with Crippen LogP contribution < -0.4 is 4.48 Å². The Balaban J connectivity index is 2.33. The number of aliphatic carboxylic acids is 1. The Kier molecular flexibility index (Phi) is 3.15. The highest BCUT2D eigenvalue weighted by Gasteiger charge is 2.60. The third kappa shape index (κ3) is 1.66. The maximum Gasteiger partial charge on any atom is 0.363 e. The van der Waals surface area contributed by atoms with Crippen molar-refractivity contribution in [3.05, 3.63) is 65.7 Å². The van der Waals surface area contributed by atoms with Crippen molar-refractivity contribution in [3.8, 4) is 0 Å². The Morgan fingerprint density at radius 1 is 0.909 bits per heavy atom. The molecule has 3 rings (SSSR count). The van der Waals surface area contributed by atoms with E-state index in [9.17, 15) is 19.5 Å². The van der Waals surface area contributed by atoms with E-state index in [1.54, 1.807) is 54.6 Å². The third-order valence-electron chi connectivity index (χ3n) is 4.13. The molecule has 0 fully saturated rings. The van der Waals surface area contributed by atoms with Gasteiger partial charge in [0.05, 0.1) is 11.1 Å². The zero-order chi connectivity index (χ0) is 15.9. The van der Waals surface area contributed by atoms with Crippen molar-refractivity contribution in [2.45, 2.75) is 13.0 Å². The Morgan fingerprint density at radius 2 is 1.36 bits per heavy atom. The van der Waals surface area contributed by atoms with Crippen molar-refractivity contribution in [1.82, 2.24) is 4.48 Å². The maximum atomic E-state index is 13.0. The number of para-hydroxylation sites is 1. The fourth-order valence-corrected chi connectivity index (χ4v) is 2.97. The van der Waals surface area contributed by atoms with Crippen LogP contribution in [0.15, 0.2) is 54.6 Å². The van der Waals surface area contributed by atoms with Crippen LogP contribution in [0.4, 0.5) is 5.69 Å². The van der Waals surface area contributed by atoms with Gasteiger partial charge in [0.25, 0.3) is 0 Å². The van der Waals surface area contributed by atoms with Gasteiger partial charge in [-0.3, -0.25) is 0 Å². The summed E-state index contributed by atoms with van der Waals surface area (Å²) in [5, 5.41) is 9.46. The highest BCUT2D eigenvalue weighted by Crippen LogP contribution is 2.38. The van der Waals surface area contributed by atoms with Crippen LogP contribution in [-0.4, -0.2) is 28.9 Å². The number of nitrogens with zero attached hydrogens (tertiary/aromatic N) is 1. The lowest BCUT2D eigenvalue weighted by Crippen LogP contribution is -2.62. The number of amides is 2. The molecule has 0 saturated heterocycles. The van der Waals surface area contributed by atoms with E-state index in [1.165, 1.54) is 6.92 Å². The molecule has 5 heteroatoms. The van der Waals surface area contributed by atoms with Gasteiger partial charge in [0.15, 0.2) is 0 Å². The summed E-state index contributed by atoms with van der Waals surface area (Å²) in [6.45, 7) is 1.39. The number of benzene rings is 2. The number of rotatable bonds is 3. The Hall–Kier alpha value is -2.79. The molecule has 1 atom stereocenters. The maximum absolute atomic E-state index is 13.0. The first-order valence-corrected chi connectivity index (χ1v) is 6.87. The van der Waals surface area contributed by atoms with Gasteiger partial charge in [0.1, 0.15) is 5.69 Å². The lowest BCUT2D eigenvalue weighted by molar-refractivity contribution is -0.140. The molecule has 0 saturated carbocycles. The standard InChI is InChI=1S/C17H13NO4/c1-11(17(21)22)18(12-7-3-2-4-8-12)15(19)13-9-5-6-10-14(13)16(18)20/h2-11H,1H3/p+1/t11-/m0/s1. The van der Waals surface area contributed by atoms with Crippen molar-refractivity contribution < 1.29 is 19.5 Å². The molecular formula is C17H14NO4+. The van der Waals surface area contributed by atoms with Crippen LogP contribution >= 0.6 is 0 Å². The smallest absolute Gasteiger partial charge is 0.363 e. The Bertz CT molecular complexity index is 747. The number of carboxylic acid groups (broad SMARTS) is 1. The number of fused-ring (bicyclic) bond motifs is 1. The SMILES string of the molecule is C[C@@H](C(=O)O)[N+]1(c2ccccc2)C(=O)c2ccccc2C1=O. The van der Waals surface area contributed by atoms with Crippen molar-refractivity contribution in [2.24, 2.45) is 0 Å². The van der Waals surface area contributed by atoms with Gasteiger partial charge in [-0.15, -0.1) is 4.48 Å². The first-order valence-electron chi connectivity index (χ1n) is 6.87. The van der Waals surface area contributed by atoms with E-state index in [0.29, 0.717) is 5.69 Å². The summed E-state index contributed by atoms with van der Waals surface area (Å²) in [6, 6.07) is 13.6. The van der Waals surface area contributed by atoms with Crippen LogP contribution in [0.5, 0.6) is 0 Å². The summed E-state index contributed by atoms with van der Waals surface area (Å²) in [7, 11) is 0. The van der Waals surface area contributed by atoms with E-state index >= 15 is 0 Å². The molecule has 110 valence electrons. The average molecular weight is 296 g/mol. The number of hydrogen-bond acceptors (Lipinski definition) is 3. The van der Waals surface area contributed by atoms with Gasteiger partial charge in [-0.1, -0.05) is 30.3 Å². The van der Waals surface area contributed by atoms with Gasteiger partial charge >= 0.3 is 17.8 Å². The largest absolute Gasteiger partial charge is 0.477 e. The number of carbonyl (C=O) groups excluding carboxylic acids is 2. The summed E-state index contributed by atoms with van der Waals surface area (Å²) in [5.74, 6) is -2.19. The normalized spacial score (nSPS) is 17.1. The molecule has 0 aliphatic carbocycles. The van der Waals surface area contributed by atoms with Crippen LogP contribution in [0.2, 0.25) is 0 Å². The molecule has 1 N–H and O–H groups in total. The summed E-state index contributed by atoms with van der Waals surface area (Å²) in [5.41, 5.74) is 0.900. The highest BCUT2D eigenvalue weighted by atomic mass is 16.4. The first-order chi connectivity index (χ1) is 10.5. The van der Waals surface area contributed by atoms with E-state index in [1.807, 2.05) is 0 Å². The number of carbonyl (C=O) groups is 3. The quantitative estimate of drug-likeness (QED) is 0.697.